The summed E-state index contributed by atoms with van der Waals surface area (Å²) in [5.74, 6) is 0.903. The summed E-state index contributed by atoms with van der Waals surface area (Å²) in [6, 6.07) is 15.1. The number of rotatable bonds is 6. The number of hydrogen-bond donors (Lipinski definition) is 3. The lowest BCUT2D eigenvalue weighted by atomic mass is 10.1. The minimum Gasteiger partial charge on any atom is -0.350 e. The van der Waals surface area contributed by atoms with Crippen molar-refractivity contribution in [2.45, 2.75) is 33.2 Å². The third-order valence-corrected chi connectivity index (χ3v) is 6.41. The van der Waals surface area contributed by atoms with Crippen LogP contribution in [0.1, 0.15) is 47.1 Å². The molecule has 0 saturated heterocycles. The monoisotopic (exact) mass is 498 g/mol. The number of carbonyl (C=O) groups excluding carboxylic acids is 1. The van der Waals surface area contributed by atoms with Crippen molar-refractivity contribution in [3.8, 4) is 0 Å². The van der Waals surface area contributed by atoms with Crippen molar-refractivity contribution in [2.75, 3.05) is 5.32 Å². The van der Waals surface area contributed by atoms with E-state index in [0.29, 0.717) is 29.1 Å². The number of nitrogens with one attached hydrogen (secondary N) is 3. The lowest BCUT2D eigenvalue weighted by Crippen LogP contribution is -2.23. The first kappa shape index (κ1) is 23.8. The summed E-state index contributed by atoms with van der Waals surface area (Å²) in [5, 5.41) is 7.85. The molecule has 0 aliphatic carbocycles. The minimum atomic E-state index is -0.169. The van der Waals surface area contributed by atoms with Crippen molar-refractivity contribution < 1.29 is 4.79 Å². The van der Waals surface area contributed by atoms with Crippen molar-refractivity contribution in [3.05, 3.63) is 88.3 Å². The fourth-order valence-corrected chi connectivity index (χ4v) is 4.28. The Bertz CT molecular complexity index is 1470. The van der Waals surface area contributed by atoms with E-state index < -0.39 is 0 Å². The van der Waals surface area contributed by atoms with Gasteiger partial charge in [-0.15, -0.1) is 0 Å². The van der Waals surface area contributed by atoms with E-state index in [2.05, 4.69) is 43.6 Å². The van der Waals surface area contributed by atoms with Crippen LogP contribution in [0.2, 0.25) is 5.02 Å². The average Bonchev–Trinajstić information content (AvgIpc) is 3.19. The van der Waals surface area contributed by atoms with Crippen LogP contribution in [0.25, 0.3) is 16.6 Å². The van der Waals surface area contributed by atoms with Crippen LogP contribution in [-0.2, 0) is 6.54 Å². The van der Waals surface area contributed by atoms with Crippen LogP contribution in [0.5, 0.6) is 0 Å². The SMILES string of the molecule is Cc1cc(Nc2nccc(C3=CCC(C)CC=N3)n2)cc2cc(C(=O)NCc3ccc(Cl)cc3)[nH]c12. The Labute approximate surface area is 214 Å². The van der Waals surface area contributed by atoms with Crippen molar-refractivity contribution in [3.63, 3.8) is 0 Å². The van der Waals surface area contributed by atoms with Gasteiger partial charge >= 0.3 is 0 Å². The summed E-state index contributed by atoms with van der Waals surface area (Å²) in [4.78, 5) is 29.6. The van der Waals surface area contributed by atoms with Crippen LogP contribution in [0.3, 0.4) is 0 Å². The highest BCUT2D eigenvalue weighted by atomic mass is 35.5. The Hall–Kier alpha value is -3.97. The summed E-state index contributed by atoms with van der Waals surface area (Å²) in [5.41, 5.74) is 5.91. The van der Waals surface area contributed by atoms with Gasteiger partial charge in [0, 0.05) is 40.6 Å². The van der Waals surface area contributed by atoms with E-state index in [9.17, 15) is 4.79 Å². The van der Waals surface area contributed by atoms with Crippen LogP contribution in [0.4, 0.5) is 11.6 Å². The van der Waals surface area contributed by atoms with E-state index in [1.807, 2.05) is 61.7 Å². The molecule has 2 aromatic heterocycles. The molecule has 4 aromatic rings. The average molecular weight is 499 g/mol. The van der Waals surface area contributed by atoms with Gasteiger partial charge in [-0.1, -0.05) is 36.7 Å². The van der Waals surface area contributed by atoms with Crippen LogP contribution in [0.15, 0.2) is 65.8 Å². The molecule has 3 heterocycles. The van der Waals surface area contributed by atoms with Gasteiger partial charge in [0.05, 0.1) is 11.4 Å². The summed E-state index contributed by atoms with van der Waals surface area (Å²) in [7, 11) is 0. The highest BCUT2D eigenvalue weighted by molar-refractivity contribution is 6.30. The zero-order chi connectivity index (χ0) is 25.1. The number of nitrogens with zero attached hydrogens (tertiary/aromatic N) is 3. The molecular weight excluding hydrogens is 472 g/mol. The number of H-pyrrole nitrogens is 1. The smallest absolute Gasteiger partial charge is 0.267 e. The number of amides is 1. The molecule has 2 aromatic carbocycles. The molecular formula is C28H27ClN6O. The number of allylic oxidation sites excluding steroid dienone is 1. The maximum absolute atomic E-state index is 12.8. The molecule has 1 aliphatic rings. The van der Waals surface area contributed by atoms with Gasteiger partial charge in [0.1, 0.15) is 5.69 Å². The maximum Gasteiger partial charge on any atom is 0.267 e. The van der Waals surface area contributed by atoms with Gasteiger partial charge in [0.15, 0.2) is 0 Å². The van der Waals surface area contributed by atoms with Crippen molar-refractivity contribution in [1.29, 1.82) is 0 Å². The zero-order valence-corrected chi connectivity index (χ0v) is 20.9. The number of anilines is 2. The Balaban J connectivity index is 1.33. The second-order valence-electron chi connectivity index (χ2n) is 9.12. The van der Waals surface area contributed by atoms with Gasteiger partial charge in [-0.05, 0) is 73.2 Å². The van der Waals surface area contributed by atoms with Gasteiger partial charge in [-0.2, -0.15) is 0 Å². The van der Waals surface area contributed by atoms with Gasteiger partial charge in [-0.3, -0.25) is 9.79 Å². The molecule has 0 spiro atoms. The lowest BCUT2D eigenvalue weighted by Gasteiger charge is -2.08. The third-order valence-electron chi connectivity index (χ3n) is 6.16. The van der Waals surface area contributed by atoms with E-state index >= 15 is 0 Å². The van der Waals surface area contributed by atoms with E-state index in [1.165, 1.54) is 0 Å². The van der Waals surface area contributed by atoms with Gasteiger partial charge in [-0.25, -0.2) is 9.97 Å². The molecule has 1 amide bonds. The molecule has 8 heteroatoms. The Morgan fingerprint density at radius 3 is 2.81 bits per heavy atom. The second-order valence-corrected chi connectivity index (χ2v) is 9.55. The molecule has 0 saturated carbocycles. The Morgan fingerprint density at radius 1 is 1.14 bits per heavy atom. The van der Waals surface area contributed by atoms with Crippen LogP contribution in [-0.4, -0.2) is 27.1 Å². The summed E-state index contributed by atoms with van der Waals surface area (Å²) in [6.45, 7) is 4.64. The number of carbonyl (C=O) groups is 1. The van der Waals surface area contributed by atoms with E-state index in [1.54, 1.807) is 6.20 Å². The minimum absolute atomic E-state index is 0.169. The fourth-order valence-electron chi connectivity index (χ4n) is 4.15. The number of benzene rings is 2. The number of hydrogen-bond acceptors (Lipinski definition) is 5. The molecule has 0 fully saturated rings. The molecule has 5 rings (SSSR count). The second kappa shape index (κ2) is 10.3. The van der Waals surface area contributed by atoms with Gasteiger partial charge in [0.25, 0.3) is 5.91 Å². The topological polar surface area (TPSA) is 95.1 Å². The molecule has 3 N–H and O–H groups in total. The largest absolute Gasteiger partial charge is 0.350 e. The van der Waals surface area contributed by atoms with E-state index in [4.69, 9.17) is 11.6 Å². The first-order valence-corrected chi connectivity index (χ1v) is 12.3. The summed E-state index contributed by atoms with van der Waals surface area (Å²) < 4.78 is 0. The normalized spacial score (nSPS) is 15.4. The Morgan fingerprint density at radius 2 is 1.97 bits per heavy atom. The number of aromatic nitrogens is 3. The first-order valence-electron chi connectivity index (χ1n) is 11.9. The predicted octanol–water partition coefficient (Wildman–Crippen LogP) is 6.43. The number of aliphatic imine (C=N–C) groups is 1. The molecule has 36 heavy (non-hydrogen) atoms. The maximum atomic E-state index is 12.8. The molecule has 0 radical (unpaired) electrons. The van der Waals surface area contributed by atoms with Crippen molar-refractivity contribution in [2.24, 2.45) is 10.9 Å². The molecule has 0 bridgehead atoms. The van der Waals surface area contributed by atoms with Crippen LogP contribution >= 0.6 is 11.6 Å². The molecule has 7 nitrogen and oxygen atoms in total. The molecule has 1 unspecified atom stereocenters. The summed E-state index contributed by atoms with van der Waals surface area (Å²) in [6.07, 6.45) is 7.77. The number of aromatic amines is 1. The zero-order valence-electron chi connectivity index (χ0n) is 20.2. The van der Waals surface area contributed by atoms with Gasteiger partial charge < -0.3 is 15.6 Å². The predicted molar refractivity (Wildman–Crippen MR) is 146 cm³/mol. The number of halogens is 1. The quantitative estimate of drug-likeness (QED) is 0.285. The van der Waals surface area contributed by atoms with Crippen molar-refractivity contribution >= 4 is 52.0 Å². The fraction of sp³-hybridized carbons (Fsp3) is 0.214. The number of fused-ring (bicyclic) bond motifs is 1. The lowest BCUT2D eigenvalue weighted by molar-refractivity contribution is 0.0946. The summed E-state index contributed by atoms with van der Waals surface area (Å²) >= 11 is 5.93. The van der Waals surface area contributed by atoms with Crippen LogP contribution in [0, 0.1) is 12.8 Å². The third kappa shape index (κ3) is 5.47. The Kier molecular flexibility index (Phi) is 6.82. The van der Waals surface area contributed by atoms with E-state index in [-0.39, 0.29) is 5.91 Å². The highest BCUT2D eigenvalue weighted by Gasteiger charge is 2.13. The molecule has 182 valence electrons. The molecule has 1 aliphatic heterocycles. The van der Waals surface area contributed by atoms with Crippen LogP contribution < -0.4 is 10.6 Å². The molecule has 1 atom stereocenters. The first-order chi connectivity index (χ1) is 17.4. The van der Waals surface area contributed by atoms with Crippen molar-refractivity contribution in [1.82, 2.24) is 20.3 Å². The number of aryl methyl sites for hydroxylation is 1. The highest BCUT2D eigenvalue weighted by Crippen LogP contribution is 2.27. The van der Waals surface area contributed by atoms with Gasteiger partial charge in [0.2, 0.25) is 5.95 Å². The van der Waals surface area contributed by atoms with E-state index in [0.717, 1.165) is 51.9 Å². The standard InChI is InChI=1S/C28H27ClN6O/c1-17-3-8-23(30-11-9-17)24-10-12-31-28(35-24)33-22-13-18(2)26-20(14-22)15-25(34-26)27(36)32-16-19-4-6-21(29)7-5-19/h4-8,10-15,17,34H,3,9,16H2,1-2H3,(H,32,36)(H,31,33,35).